The number of amides is 1. The number of aliphatic carboxylic acids is 1. The SMILES string of the molecule is CC(C)c1ccc(S(=O)(=O)N(CC(N)=O)CC(=O)O)cc1. The lowest BCUT2D eigenvalue weighted by molar-refractivity contribution is -0.137. The highest BCUT2D eigenvalue weighted by molar-refractivity contribution is 7.89. The lowest BCUT2D eigenvalue weighted by Crippen LogP contribution is -2.41. The minimum atomic E-state index is -4.08. The van der Waals surface area contributed by atoms with Crippen LogP contribution < -0.4 is 5.73 Å². The molecule has 0 aliphatic rings. The summed E-state index contributed by atoms with van der Waals surface area (Å²) in [7, 11) is -4.08. The largest absolute Gasteiger partial charge is 0.480 e. The normalized spacial score (nSPS) is 11.8. The molecule has 0 aliphatic carbocycles. The van der Waals surface area contributed by atoms with E-state index in [2.05, 4.69) is 0 Å². The van der Waals surface area contributed by atoms with E-state index in [0.29, 0.717) is 4.31 Å². The molecule has 0 spiro atoms. The first-order valence-corrected chi connectivity index (χ1v) is 7.68. The van der Waals surface area contributed by atoms with Crippen molar-refractivity contribution in [3.8, 4) is 0 Å². The van der Waals surface area contributed by atoms with Crippen LogP contribution in [0, 0.1) is 0 Å². The summed E-state index contributed by atoms with van der Waals surface area (Å²) in [6.07, 6.45) is 0. The first kappa shape index (κ1) is 17.1. The Morgan fingerprint density at radius 3 is 2.10 bits per heavy atom. The molecule has 21 heavy (non-hydrogen) atoms. The van der Waals surface area contributed by atoms with E-state index in [0.717, 1.165) is 5.56 Å². The Balaban J connectivity index is 3.15. The maximum absolute atomic E-state index is 12.3. The third-order valence-electron chi connectivity index (χ3n) is 2.83. The van der Waals surface area contributed by atoms with Gasteiger partial charge in [-0.25, -0.2) is 8.42 Å². The number of hydrogen-bond donors (Lipinski definition) is 2. The number of carboxylic acid groups (broad SMARTS) is 1. The maximum atomic E-state index is 12.3. The third-order valence-corrected chi connectivity index (χ3v) is 4.63. The molecule has 0 unspecified atom stereocenters. The molecule has 8 heteroatoms. The molecule has 1 aromatic carbocycles. The van der Waals surface area contributed by atoms with Crippen LogP contribution in [-0.2, 0) is 19.6 Å². The summed E-state index contributed by atoms with van der Waals surface area (Å²) >= 11 is 0. The Hall–Kier alpha value is -1.93. The maximum Gasteiger partial charge on any atom is 0.318 e. The van der Waals surface area contributed by atoms with Gasteiger partial charge in [0.05, 0.1) is 11.4 Å². The van der Waals surface area contributed by atoms with Gasteiger partial charge in [0.15, 0.2) is 0 Å². The molecule has 0 radical (unpaired) electrons. The number of nitrogens with two attached hydrogens (primary N) is 1. The van der Waals surface area contributed by atoms with Crippen molar-refractivity contribution in [3.05, 3.63) is 29.8 Å². The second kappa shape index (κ2) is 6.68. The van der Waals surface area contributed by atoms with Crippen LogP contribution in [0.1, 0.15) is 25.3 Å². The molecule has 0 saturated heterocycles. The van der Waals surface area contributed by atoms with Crippen LogP contribution in [0.25, 0.3) is 0 Å². The summed E-state index contributed by atoms with van der Waals surface area (Å²) in [5.74, 6) is -2.04. The van der Waals surface area contributed by atoms with Crippen molar-refractivity contribution >= 4 is 21.9 Å². The van der Waals surface area contributed by atoms with Crippen LogP contribution in [0.5, 0.6) is 0 Å². The minimum absolute atomic E-state index is 0.0746. The van der Waals surface area contributed by atoms with E-state index in [1.807, 2.05) is 13.8 Å². The van der Waals surface area contributed by atoms with Crippen LogP contribution in [0.2, 0.25) is 0 Å². The highest BCUT2D eigenvalue weighted by Crippen LogP contribution is 2.20. The van der Waals surface area contributed by atoms with Crippen molar-refractivity contribution in [3.63, 3.8) is 0 Å². The summed E-state index contributed by atoms with van der Waals surface area (Å²) in [4.78, 5) is 21.6. The monoisotopic (exact) mass is 314 g/mol. The fraction of sp³-hybridized carbons (Fsp3) is 0.385. The van der Waals surface area contributed by atoms with Gasteiger partial charge in [-0.1, -0.05) is 26.0 Å². The average molecular weight is 314 g/mol. The van der Waals surface area contributed by atoms with Crippen LogP contribution in [-0.4, -0.2) is 42.8 Å². The topological polar surface area (TPSA) is 118 Å². The van der Waals surface area contributed by atoms with Gasteiger partial charge in [0.2, 0.25) is 15.9 Å². The zero-order valence-electron chi connectivity index (χ0n) is 11.8. The number of benzene rings is 1. The molecule has 0 bridgehead atoms. The van der Waals surface area contributed by atoms with Crippen LogP contribution in [0.3, 0.4) is 0 Å². The van der Waals surface area contributed by atoms with Crippen LogP contribution >= 0.6 is 0 Å². The van der Waals surface area contributed by atoms with Crippen LogP contribution in [0.4, 0.5) is 0 Å². The molecular weight excluding hydrogens is 296 g/mol. The van der Waals surface area contributed by atoms with E-state index in [-0.39, 0.29) is 10.8 Å². The molecule has 0 aliphatic heterocycles. The molecule has 3 N–H and O–H groups in total. The standard InChI is InChI=1S/C13H18N2O5S/c1-9(2)10-3-5-11(6-4-10)21(19,20)15(7-12(14)16)8-13(17)18/h3-6,9H,7-8H2,1-2H3,(H2,14,16)(H,17,18). The highest BCUT2D eigenvalue weighted by Gasteiger charge is 2.27. The van der Waals surface area contributed by atoms with Crippen molar-refractivity contribution in [1.29, 1.82) is 0 Å². The van der Waals surface area contributed by atoms with Crippen molar-refractivity contribution in [2.45, 2.75) is 24.7 Å². The molecule has 0 aromatic heterocycles. The number of sulfonamides is 1. The van der Waals surface area contributed by atoms with Gasteiger partial charge < -0.3 is 10.8 Å². The predicted octanol–water partition coefficient (Wildman–Crippen LogP) is 0.371. The Morgan fingerprint density at radius 2 is 1.71 bits per heavy atom. The fourth-order valence-electron chi connectivity index (χ4n) is 1.72. The third kappa shape index (κ3) is 4.54. The first-order chi connectivity index (χ1) is 9.64. The number of hydrogen-bond acceptors (Lipinski definition) is 4. The Kier molecular flexibility index (Phi) is 5.45. The van der Waals surface area contributed by atoms with Crippen molar-refractivity contribution < 1.29 is 23.1 Å². The van der Waals surface area contributed by atoms with Gasteiger partial charge in [-0.15, -0.1) is 0 Å². The van der Waals surface area contributed by atoms with E-state index >= 15 is 0 Å². The molecule has 0 fully saturated rings. The summed E-state index contributed by atoms with van der Waals surface area (Å²) in [5.41, 5.74) is 5.92. The lowest BCUT2D eigenvalue weighted by atomic mass is 10.0. The van der Waals surface area contributed by atoms with Gasteiger partial charge >= 0.3 is 5.97 Å². The van der Waals surface area contributed by atoms with E-state index in [1.165, 1.54) is 12.1 Å². The number of rotatable bonds is 7. The zero-order chi connectivity index (χ0) is 16.2. The Morgan fingerprint density at radius 1 is 1.19 bits per heavy atom. The van der Waals surface area contributed by atoms with Crippen LogP contribution in [0.15, 0.2) is 29.2 Å². The highest BCUT2D eigenvalue weighted by atomic mass is 32.2. The summed E-state index contributed by atoms with van der Waals surface area (Å²) in [5, 5.41) is 8.77. The molecular formula is C13H18N2O5S. The van der Waals surface area contributed by atoms with Gasteiger partial charge in [-0.3, -0.25) is 9.59 Å². The summed E-state index contributed by atoms with van der Waals surface area (Å²) < 4.78 is 25.2. The molecule has 7 nitrogen and oxygen atoms in total. The van der Waals surface area contributed by atoms with E-state index in [4.69, 9.17) is 10.8 Å². The number of nitrogens with zero attached hydrogens (tertiary/aromatic N) is 1. The van der Waals surface area contributed by atoms with Gasteiger partial charge in [0.1, 0.15) is 6.54 Å². The molecule has 1 amide bonds. The Labute approximate surface area is 123 Å². The predicted molar refractivity (Wildman–Crippen MR) is 76.1 cm³/mol. The first-order valence-electron chi connectivity index (χ1n) is 6.24. The van der Waals surface area contributed by atoms with E-state index in [1.54, 1.807) is 12.1 Å². The molecule has 1 rings (SSSR count). The number of carboxylic acids is 1. The van der Waals surface area contributed by atoms with E-state index in [9.17, 15) is 18.0 Å². The molecule has 0 atom stereocenters. The summed E-state index contributed by atoms with van der Waals surface area (Å²) in [6.45, 7) is 2.43. The smallest absolute Gasteiger partial charge is 0.318 e. The van der Waals surface area contributed by atoms with Gasteiger partial charge in [-0.2, -0.15) is 4.31 Å². The van der Waals surface area contributed by atoms with E-state index < -0.39 is 35.0 Å². The summed E-state index contributed by atoms with van der Waals surface area (Å²) in [6, 6.07) is 6.09. The number of primary amides is 1. The quantitative estimate of drug-likeness (QED) is 0.754. The van der Waals surface area contributed by atoms with Crippen molar-refractivity contribution in [1.82, 2.24) is 4.31 Å². The molecule has 116 valence electrons. The van der Waals surface area contributed by atoms with Gasteiger partial charge in [-0.05, 0) is 23.6 Å². The second-order valence-corrected chi connectivity index (χ2v) is 6.79. The molecule has 0 saturated carbocycles. The fourth-order valence-corrected chi connectivity index (χ4v) is 3.08. The van der Waals surface area contributed by atoms with Gasteiger partial charge in [0.25, 0.3) is 0 Å². The number of carbonyl (C=O) groups is 2. The Bertz CT molecular complexity index is 606. The lowest BCUT2D eigenvalue weighted by Gasteiger charge is -2.19. The average Bonchev–Trinajstić information content (AvgIpc) is 2.37. The zero-order valence-corrected chi connectivity index (χ0v) is 12.6. The second-order valence-electron chi connectivity index (χ2n) is 4.86. The van der Waals surface area contributed by atoms with Crippen molar-refractivity contribution in [2.75, 3.05) is 13.1 Å². The molecule has 0 heterocycles. The molecule has 1 aromatic rings. The van der Waals surface area contributed by atoms with Crippen molar-refractivity contribution in [2.24, 2.45) is 5.73 Å². The minimum Gasteiger partial charge on any atom is -0.480 e. The van der Waals surface area contributed by atoms with Gasteiger partial charge in [0, 0.05) is 0 Å². The number of carbonyl (C=O) groups excluding carboxylic acids is 1.